The summed E-state index contributed by atoms with van der Waals surface area (Å²) in [5, 5.41) is 14.7. The Bertz CT molecular complexity index is 2690. The van der Waals surface area contributed by atoms with Crippen LogP contribution in [-0.2, 0) is 10.8 Å². The molecule has 0 aliphatic rings. The van der Waals surface area contributed by atoms with Crippen molar-refractivity contribution in [3.63, 3.8) is 0 Å². The van der Waals surface area contributed by atoms with Crippen molar-refractivity contribution in [2.24, 2.45) is 0 Å². The molecule has 2 heterocycles. The Morgan fingerprint density at radius 2 is 1.35 bits per heavy atom. The summed E-state index contributed by atoms with van der Waals surface area (Å²) in [4.78, 5) is 10.3. The summed E-state index contributed by atoms with van der Waals surface area (Å²) in [7, 11) is 0. The molecule has 4 nitrogen and oxygen atoms in total. The van der Waals surface area contributed by atoms with E-state index in [4.69, 9.17) is 9.97 Å². The summed E-state index contributed by atoms with van der Waals surface area (Å²) in [5.74, 6) is 1.20. The van der Waals surface area contributed by atoms with Crippen LogP contribution in [0.4, 0.5) is 0 Å². The van der Waals surface area contributed by atoms with Gasteiger partial charge in [-0.3, -0.25) is 9.55 Å². The average molecular weight is 720 g/mol. The zero-order chi connectivity index (χ0) is 38.6. The van der Waals surface area contributed by atoms with Gasteiger partial charge in [0.25, 0.3) is 0 Å². The van der Waals surface area contributed by atoms with Crippen molar-refractivity contribution in [1.82, 2.24) is 14.5 Å². The first kappa shape index (κ1) is 36.0. The second-order valence-electron chi connectivity index (χ2n) is 17.1. The zero-order valence-corrected chi connectivity index (χ0v) is 33.1. The Morgan fingerprint density at radius 1 is 0.600 bits per heavy atom. The Morgan fingerprint density at radius 3 is 2.05 bits per heavy atom. The maximum Gasteiger partial charge on any atom is 0.149 e. The first-order chi connectivity index (χ1) is 26.3. The van der Waals surface area contributed by atoms with E-state index in [9.17, 15) is 5.11 Å². The minimum Gasteiger partial charge on any atom is -0.507 e. The van der Waals surface area contributed by atoms with Crippen LogP contribution in [0.25, 0.3) is 72.4 Å². The van der Waals surface area contributed by atoms with Crippen molar-refractivity contribution in [2.75, 3.05) is 0 Å². The van der Waals surface area contributed by atoms with Crippen LogP contribution in [0.3, 0.4) is 0 Å². The van der Waals surface area contributed by atoms with Crippen molar-refractivity contribution >= 4 is 21.8 Å². The molecule has 0 saturated heterocycles. The van der Waals surface area contributed by atoms with Crippen LogP contribution in [0.2, 0.25) is 0 Å². The van der Waals surface area contributed by atoms with E-state index in [-0.39, 0.29) is 22.5 Å². The smallest absolute Gasteiger partial charge is 0.149 e. The molecule has 0 fully saturated rings. The molecule has 8 aromatic rings. The molecule has 0 amide bonds. The monoisotopic (exact) mass is 719 g/mol. The molecule has 6 aromatic carbocycles. The van der Waals surface area contributed by atoms with Gasteiger partial charge in [0.2, 0.25) is 0 Å². The number of aromatic hydroxyl groups is 1. The first-order valence-electron chi connectivity index (χ1n) is 19.3. The highest BCUT2D eigenvalue weighted by molar-refractivity contribution is 6.06. The SMILES string of the molecule is CC(C)c1cc(-c2ccccc2)ccc1-n1c(-c2cc(C(C)(C)C)cc(C(C)(C)C)c2O)nc2c(-c3cc(-c4ccccn4)cc4ccccc34)cccc21. The van der Waals surface area contributed by atoms with E-state index in [1.165, 1.54) is 16.7 Å². The highest BCUT2D eigenvalue weighted by atomic mass is 16.3. The molecule has 0 radical (unpaired) electrons. The normalized spacial score (nSPS) is 12.2. The minimum atomic E-state index is -0.298. The van der Waals surface area contributed by atoms with Crippen molar-refractivity contribution in [1.29, 1.82) is 0 Å². The van der Waals surface area contributed by atoms with Crippen molar-refractivity contribution in [2.45, 2.75) is 72.1 Å². The fourth-order valence-electron chi connectivity index (χ4n) is 7.80. The van der Waals surface area contributed by atoms with Crippen LogP contribution < -0.4 is 0 Å². The molecule has 8 rings (SSSR count). The van der Waals surface area contributed by atoms with Crippen molar-refractivity contribution in [3.8, 4) is 56.3 Å². The summed E-state index contributed by atoms with van der Waals surface area (Å²) in [6.07, 6.45) is 1.85. The van der Waals surface area contributed by atoms with E-state index in [1.807, 2.05) is 18.3 Å². The maximum atomic E-state index is 12.4. The number of phenolic OH excluding ortho intramolecular Hbond substituents is 1. The number of imidazole rings is 1. The lowest BCUT2D eigenvalue weighted by Crippen LogP contribution is -2.17. The molecule has 0 aliphatic carbocycles. The number of aromatic nitrogens is 3. The van der Waals surface area contributed by atoms with Crippen LogP contribution in [0.1, 0.15) is 78.0 Å². The number of para-hydroxylation sites is 1. The fourth-order valence-corrected chi connectivity index (χ4v) is 7.80. The van der Waals surface area contributed by atoms with Crippen molar-refractivity contribution < 1.29 is 5.11 Å². The molecule has 0 aliphatic heterocycles. The van der Waals surface area contributed by atoms with Crippen LogP contribution in [0.5, 0.6) is 5.75 Å². The predicted molar refractivity (Wildman–Crippen MR) is 231 cm³/mol. The van der Waals surface area contributed by atoms with Gasteiger partial charge in [-0.2, -0.15) is 0 Å². The highest BCUT2D eigenvalue weighted by Crippen LogP contribution is 2.46. The van der Waals surface area contributed by atoms with Crippen LogP contribution >= 0.6 is 0 Å². The van der Waals surface area contributed by atoms with Crippen LogP contribution in [-0.4, -0.2) is 19.6 Å². The first-order valence-corrected chi connectivity index (χ1v) is 19.3. The standard InChI is InChI=1S/C51H49N3O/c1-32(2)40-28-34(33-17-10-9-11-18-33)24-25-45(40)54-46-23-16-21-39(41-29-36(44-22-14-15-26-52-44)27-35-19-12-13-20-38(35)41)47(46)53-49(54)42-30-37(50(3,4)5)31-43(48(42)55)51(6,7)8/h9-32,55H,1-8H3. The summed E-state index contributed by atoms with van der Waals surface area (Å²) in [6, 6.07) is 47.2. The van der Waals surface area contributed by atoms with Gasteiger partial charge in [-0.15, -0.1) is 0 Å². The average Bonchev–Trinajstić information content (AvgIpc) is 3.56. The highest BCUT2D eigenvalue weighted by Gasteiger charge is 2.29. The molecule has 0 bridgehead atoms. The topological polar surface area (TPSA) is 50.9 Å². The Kier molecular flexibility index (Phi) is 8.96. The van der Waals surface area contributed by atoms with E-state index in [1.54, 1.807) is 0 Å². The number of hydrogen-bond acceptors (Lipinski definition) is 3. The number of phenols is 1. The molecule has 274 valence electrons. The van der Waals surface area contributed by atoms with Gasteiger partial charge >= 0.3 is 0 Å². The second kappa shape index (κ2) is 13.7. The largest absolute Gasteiger partial charge is 0.507 e. The summed E-state index contributed by atoms with van der Waals surface area (Å²) in [5.41, 5.74) is 12.9. The summed E-state index contributed by atoms with van der Waals surface area (Å²) < 4.78 is 2.29. The lowest BCUT2D eigenvalue weighted by molar-refractivity contribution is 0.446. The second-order valence-corrected chi connectivity index (χ2v) is 17.1. The van der Waals surface area contributed by atoms with E-state index < -0.39 is 0 Å². The predicted octanol–water partition coefficient (Wildman–Crippen LogP) is 13.7. The number of hydrogen-bond donors (Lipinski definition) is 1. The fraction of sp³-hybridized carbons (Fsp3) is 0.216. The molecule has 0 spiro atoms. The van der Waals surface area contributed by atoms with Crippen molar-refractivity contribution in [3.05, 3.63) is 156 Å². The van der Waals surface area contributed by atoms with Gasteiger partial charge in [0.05, 0.1) is 28.0 Å². The van der Waals surface area contributed by atoms with Gasteiger partial charge in [0, 0.05) is 22.9 Å². The van der Waals surface area contributed by atoms with Gasteiger partial charge in [0.15, 0.2) is 0 Å². The van der Waals surface area contributed by atoms with E-state index in [0.29, 0.717) is 0 Å². The van der Waals surface area contributed by atoms with Gasteiger partial charge in [-0.1, -0.05) is 140 Å². The third-order valence-electron chi connectivity index (χ3n) is 10.8. The molecule has 0 saturated carbocycles. The molecule has 1 N–H and O–H groups in total. The number of rotatable bonds is 6. The van der Waals surface area contributed by atoms with Gasteiger partial charge < -0.3 is 5.11 Å². The number of pyridine rings is 1. The maximum absolute atomic E-state index is 12.4. The molecule has 4 heteroatoms. The molecule has 55 heavy (non-hydrogen) atoms. The molecule has 0 atom stereocenters. The molecular formula is C51H49N3O. The molecule has 2 aromatic heterocycles. The summed E-state index contributed by atoms with van der Waals surface area (Å²) in [6.45, 7) is 17.7. The zero-order valence-electron chi connectivity index (χ0n) is 33.1. The van der Waals surface area contributed by atoms with Crippen LogP contribution in [0.15, 0.2) is 140 Å². The summed E-state index contributed by atoms with van der Waals surface area (Å²) >= 11 is 0. The lowest BCUT2D eigenvalue weighted by atomic mass is 9.79. The quantitative estimate of drug-likeness (QED) is 0.186. The number of fused-ring (bicyclic) bond motifs is 2. The Hall–Kier alpha value is -6.00. The van der Waals surface area contributed by atoms with E-state index in [0.717, 1.165) is 72.4 Å². The third kappa shape index (κ3) is 6.61. The Labute approximate surface area is 325 Å². The van der Waals surface area contributed by atoms with E-state index >= 15 is 0 Å². The number of benzene rings is 6. The third-order valence-corrected chi connectivity index (χ3v) is 10.8. The minimum absolute atomic E-state index is 0.157. The Balaban J connectivity index is 1.49. The molecule has 0 unspecified atom stereocenters. The van der Waals surface area contributed by atoms with Gasteiger partial charge in [0.1, 0.15) is 11.6 Å². The lowest BCUT2D eigenvalue weighted by Gasteiger charge is -2.28. The molecular weight excluding hydrogens is 671 g/mol. The van der Waals surface area contributed by atoms with Crippen LogP contribution in [0, 0.1) is 0 Å². The van der Waals surface area contributed by atoms with E-state index in [2.05, 4.69) is 181 Å². The van der Waals surface area contributed by atoms with Gasteiger partial charge in [-0.25, -0.2) is 4.98 Å². The number of nitrogens with zero attached hydrogens (tertiary/aromatic N) is 3. The van der Waals surface area contributed by atoms with Gasteiger partial charge in [-0.05, 0) is 104 Å².